The number of halogens is 1. The summed E-state index contributed by atoms with van der Waals surface area (Å²) in [6, 6.07) is 6.19. The molecule has 1 rings (SSSR count). The second-order valence-corrected chi connectivity index (χ2v) is 4.59. The molecule has 0 amide bonds. The average molecular weight is 270 g/mol. The number of Topliss-reactive ketones (excluding diaryl/α,β-unsaturated/α-hetero) is 1. The minimum absolute atomic E-state index is 0.0580. The molecular weight excluding hydrogens is 255 g/mol. The van der Waals surface area contributed by atoms with E-state index in [0.29, 0.717) is 12.2 Å². The highest BCUT2D eigenvalue weighted by Gasteiger charge is 2.09. The van der Waals surface area contributed by atoms with Crippen molar-refractivity contribution in [2.24, 2.45) is 0 Å². The van der Waals surface area contributed by atoms with Crippen LogP contribution < -0.4 is 0 Å². The molecule has 0 aliphatic rings. The van der Waals surface area contributed by atoms with E-state index >= 15 is 0 Å². The van der Waals surface area contributed by atoms with Crippen LogP contribution >= 0.6 is 11.8 Å². The molecule has 0 saturated heterocycles. The summed E-state index contributed by atoms with van der Waals surface area (Å²) >= 11 is 1.19. The highest BCUT2D eigenvalue weighted by Crippen LogP contribution is 2.09. The molecule has 98 valence electrons. The van der Waals surface area contributed by atoms with Gasteiger partial charge in [0, 0.05) is 6.42 Å². The topological polar surface area (TPSA) is 43.4 Å². The molecule has 5 heteroatoms. The molecule has 0 radical (unpaired) electrons. The van der Waals surface area contributed by atoms with Gasteiger partial charge in [0.15, 0.2) is 0 Å². The Balaban J connectivity index is 2.30. The van der Waals surface area contributed by atoms with Crippen molar-refractivity contribution in [2.75, 3.05) is 18.1 Å². The van der Waals surface area contributed by atoms with Crippen molar-refractivity contribution >= 4 is 23.5 Å². The first-order chi connectivity index (χ1) is 8.63. The fourth-order valence-electron chi connectivity index (χ4n) is 1.36. The second-order valence-electron chi connectivity index (χ2n) is 3.60. The SMILES string of the molecule is CCOC(=O)CSCC(=O)Cc1ccccc1F. The van der Waals surface area contributed by atoms with E-state index in [4.69, 9.17) is 4.74 Å². The standard InChI is InChI=1S/C13H15FO3S/c1-2-17-13(16)9-18-8-11(15)7-10-5-3-4-6-12(10)14/h3-6H,2,7-9H2,1H3. The van der Waals surface area contributed by atoms with E-state index < -0.39 is 0 Å². The quantitative estimate of drug-likeness (QED) is 0.713. The lowest BCUT2D eigenvalue weighted by Gasteiger charge is -2.03. The number of esters is 1. The summed E-state index contributed by atoms with van der Waals surface area (Å²) < 4.78 is 18.0. The maximum atomic E-state index is 13.3. The number of carbonyl (C=O) groups is 2. The molecular formula is C13H15FO3S. The number of rotatable bonds is 7. The minimum Gasteiger partial charge on any atom is -0.465 e. The first-order valence-corrected chi connectivity index (χ1v) is 6.77. The molecule has 0 aromatic heterocycles. The summed E-state index contributed by atoms with van der Waals surface area (Å²) in [5.41, 5.74) is 0.388. The van der Waals surface area contributed by atoms with Gasteiger partial charge in [0.2, 0.25) is 0 Å². The number of carbonyl (C=O) groups excluding carboxylic acids is 2. The smallest absolute Gasteiger partial charge is 0.315 e. The fourth-order valence-corrected chi connectivity index (χ4v) is 2.04. The molecule has 0 spiro atoms. The molecule has 0 unspecified atom stereocenters. The van der Waals surface area contributed by atoms with Crippen LogP contribution in [0.3, 0.4) is 0 Å². The molecule has 0 fully saturated rings. The normalized spacial score (nSPS) is 10.1. The Labute approximate surface area is 110 Å². The van der Waals surface area contributed by atoms with Gasteiger partial charge in [-0.2, -0.15) is 0 Å². The molecule has 0 aliphatic carbocycles. The molecule has 0 saturated carbocycles. The van der Waals surface area contributed by atoms with Gasteiger partial charge in [0.05, 0.1) is 18.1 Å². The number of hydrogen-bond acceptors (Lipinski definition) is 4. The Kier molecular flexibility index (Phi) is 6.43. The lowest BCUT2D eigenvalue weighted by Crippen LogP contribution is -2.11. The molecule has 0 heterocycles. The van der Waals surface area contributed by atoms with E-state index in [0.717, 1.165) is 0 Å². The fraction of sp³-hybridized carbons (Fsp3) is 0.385. The summed E-state index contributed by atoms with van der Waals surface area (Å²) in [6.07, 6.45) is 0.0580. The largest absolute Gasteiger partial charge is 0.465 e. The Morgan fingerprint density at radius 3 is 2.67 bits per heavy atom. The van der Waals surface area contributed by atoms with Crippen LogP contribution in [0.2, 0.25) is 0 Å². The summed E-state index contributed by atoms with van der Waals surface area (Å²) in [5.74, 6) is -0.471. The van der Waals surface area contributed by atoms with E-state index in [1.165, 1.54) is 17.8 Å². The van der Waals surface area contributed by atoms with Gasteiger partial charge in [-0.05, 0) is 18.6 Å². The van der Waals surface area contributed by atoms with E-state index in [1.54, 1.807) is 25.1 Å². The van der Waals surface area contributed by atoms with Crippen LogP contribution in [0, 0.1) is 5.82 Å². The van der Waals surface area contributed by atoms with E-state index in [1.807, 2.05) is 0 Å². The maximum Gasteiger partial charge on any atom is 0.315 e. The number of benzene rings is 1. The summed E-state index contributed by atoms with van der Waals surface area (Å²) in [4.78, 5) is 22.6. The van der Waals surface area contributed by atoms with Gasteiger partial charge in [0.1, 0.15) is 11.6 Å². The molecule has 18 heavy (non-hydrogen) atoms. The van der Waals surface area contributed by atoms with E-state index in [2.05, 4.69) is 0 Å². The monoisotopic (exact) mass is 270 g/mol. The molecule has 3 nitrogen and oxygen atoms in total. The second kappa shape index (κ2) is 7.87. The first kappa shape index (κ1) is 14.7. The Morgan fingerprint density at radius 2 is 2.00 bits per heavy atom. The molecule has 0 aliphatic heterocycles. The van der Waals surface area contributed by atoms with Crippen molar-refractivity contribution in [1.82, 2.24) is 0 Å². The number of ketones is 1. The first-order valence-electron chi connectivity index (χ1n) is 5.62. The zero-order valence-corrected chi connectivity index (χ0v) is 11.0. The van der Waals surface area contributed by atoms with E-state index in [-0.39, 0.29) is 35.5 Å². The minimum atomic E-state index is -0.374. The third-order valence-corrected chi connectivity index (χ3v) is 3.10. The zero-order valence-electron chi connectivity index (χ0n) is 10.1. The Morgan fingerprint density at radius 1 is 1.28 bits per heavy atom. The van der Waals surface area contributed by atoms with Gasteiger partial charge >= 0.3 is 5.97 Å². The van der Waals surface area contributed by atoms with E-state index in [9.17, 15) is 14.0 Å². The summed E-state index contributed by atoms with van der Waals surface area (Å²) in [7, 11) is 0. The number of hydrogen-bond donors (Lipinski definition) is 0. The highest BCUT2D eigenvalue weighted by molar-refractivity contribution is 8.00. The number of thioether (sulfide) groups is 1. The molecule has 1 aromatic rings. The summed E-state index contributed by atoms with van der Waals surface area (Å²) in [5, 5.41) is 0. The van der Waals surface area contributed by atoms with Crippen LogP contribution in [0.4, 0.5) is 4.39 Å². The van der Waals surface area contributed by atoms with Gasteiger partial charge in [-0.25, -0.2) is 4.39 Å². The van der Waals surface area contributed by atoms with Crippen molar-refractivity contribution < 1.29 is 18.7 Å². The average Bonchev–Trinajstić information content (AvgIpc) is 2.32. The van der Waals surface area contributed by atoms with Crippen LogP contribution in [0.25, 0.3) is 0 Å². The zero-order chi connectivity index (χ0) is 13.4. The molecule has 0 bridgehead atoms. The van der Waals surface area contributed by atoms with Crippen LogP contribution in [-0.4, -0.2) is 29.9 Å². The van der Waals surface area contributed by atoms with Crippen LogP contribution in [-0.2, 0) is 20.7 Å². The van der Waals surface area contributed by atoms with Gasteiger partial charge < -0.3 is 4.74 Å². The number of ether oxygens (including phenoxy) is 1. The Bertz CT molecular complexity index is 420. The Hall–Kier alpha value is -1.36. The van der Waals surface area contributed by atoms with Crippen molar-refractivity contribution in [3.63, 3.8) is 0 Å². The highest BCUT2D eigenvalue weighted by atomic mass is 32.2. The molecule has 0 N–H and O–H groups in total. The van der Waals surface area contributed by atoms with Crippen LogP contribution in [0.15, 0.2) is 24.3 Å². The lowest BCUT2D eigenvalue weighted by atomic mass is 10.1. The van der Waals surface area contributed by atoms with Crippen molar-refractivity contribution in [2.45, 2.75) is 13.3 Å². The predicted molar refractivity (Wildman–Crippen MR) is 69.1 cm³/mol. The van der Waals surface area contributed by atoms with Crippen molar-refractivity contribution in [3.8, 4) is 0 Å². The third kappa shape index (κ3) is 5.31. The van der Waals surface area contributed by atoms with Gasteiger partial charge in [0.25, 0.3) is 0 Å². The summed E-state index contributed by atoms with van der Waals surface area (Å²) in [6.45, 7) is 2.06. The van der Waals surface area contributed by atoms with Crippen LogP contribution in [0.1, 0.15) is 12.5 Å². The predicted octanol–water partition coefficient (Wildman–Crippen LogP) is 2.23. The van der Waals surface area contributed by atoms with Gasteiger partial charge in [-0.1, -0.05) is 18.2 Å². The van der Waals surface area contributed by atoms with Crippen LogP contribution in [0.5, 0.6) is 0 Å². The van der Waals surface area contributed by atoms with Gasteiger partial charge in [-0.15, -0.1) is 11.8 Å². The van der Waals surface area contributed by atoms with Gasteiger partial charge in [-0.3, -0.25) is 9.59 Å². The lowest BCUT2D eigenvalue weighted by molar-refractivity contribution is -0.139. The molecule has 0 atom stereocenters. The van der Waals surface area contributed by atoms with Crippen molar-refractivity contribution in [1.29, 1.82) is 0 Å². The van der Waals surface area contributed by atoms with Crippen molar-refractivity contribution in [3.05, 3.63) is 35.6 Å². The third-order valence-electron chi connectivity index (χ3n) is 2.13. The maximum absolute atomic E-state index is 13.3. The molecule has 1 aromatic carbocycles.